The lowest BCUT2D eigenvalue weighted by atomic mass is 10.0. The van der Waals surface area contributed by atoms with Crippen LogP contribution in [0.1, 0.15) is 17.5 Å². The highest BCUT2D eigenvalue weighted by atomic mass is 15.2. The van der Waals surface area contributed by atoms with E-state index < -0.39 is 0 Å². The Hall–Kier alpha value is -1.51. The number of nitrogens with zero attached hydrogens (tertiary/aromatic N) is 2. The van der Waals surface area contributed by atoms with Crippen molar-refractivity contribution in [1.82, 2.24) is 9.55 Å². The molecule has 2 heterocycles. The number of hydrogen-bond acceptors (Lipinski definition) is 2. The number of hydrogen-bond donors (Lipinski definition) is 1. The van der Waals surface area contributed by atoms with Crippen molar-refractivity contribution >= 4 is 17.0 Å². The van der Waals surface area contributed by atoms with Gasteiger partial charge in [-0.25, -0.2) is 4.98 Å². The lowest BCUT2D eigenvalue weighted by Gasteiger charge is -2.15. The van der Waals surface area contributed by atoms with Crippen molar-refractivity contribution in [2.24, 2.45) is 0 Å². The Labute approximate surface area is 82.5 Å². The van der Waals surface area contributed by atoms with Gasteiger partial charge in [0, 0.05) is 6.54 Å². The van der Waals surface area contributed by atoms with E-state index in [0.717, 1.165) is 18.5 Å². The van der Waals surface area contributed by atoms with E-state index >= 15 is 0 Å². The summed E-state index contributed by atoms with van der Waals surface area (Å²) in [6.07, 6.45) is 2.33. The molecule has 0 saturated carbocycles. The number of benzene rings is 1. The lowest BCUT2D eigenvalue weighted by Crippen LogP contribution is -2.09. The number of anilines is 1. The van der Waals surface area contributed by atoms with Gasteiger partial charge in [-0.1, -0.05) is 12.1 Å². The van der Waals surface area contributed by atoms with Crippen LogP contribution < -0.4 is 5.73 Å². The topological polar surface area (TPSA) is 43.8 Å². The van der Waals surface area contributed by atoms with Gasteiger partial charge in [-0.2, -0.15) is 0 Å². The van der Waals surface area contributed by atoms with Crippen LogP contribution in [0.25, 0.3) is 11.0 Å². The van der Waals surface area contributed by atoms with E-state index in [9.17, 15) is 0 Å². The Morgan fingerprint density at radius 1 is 1.43 bits per heavy atom. The van der Waals surface area contributed by atoms with Gasteiger partial charge in [-0.15, -0.1) is 0 Å². The fourth-order valence-electron chi connectivity index (χ4n) is 2.31. The van der Waals surface area contributed by atoms with Gasteiger partial charge in [0.2, 0.25) is 5.95 Å². The first-order valence-electron chi connectivity index (χ1n) is 5.01. The number of nitrogen functional groups attached to an aromatic ring is 1. The second-order valence-corrected chi connectivity index (χ2v) is 3.96. The van der Waals surface area contributed by atoms with Crippen molar-refractivity contribution in [3.8, 4) is 0 Å². The smallest absolute Gasteiger partial charge is 0.201 e. The molecule has 2 aromatic rings. The zero-order valence-corrected chi connectivity index (χ0v) is 8.25. The maximum absolute atomic E-state index is 5.89. The van der Waals surface area contributed by atoms with Crippen molar-refractivity contribution in [2.45, 2.75) is 26.3 Å². The van der Waals surface area contributed by atoms with E-state index in [0.29, 0.717) is 5.95 Å². The summed E-state index contributed by atoms with van der Waals surface area (Å²) in [4.78, 5) is 4.43. The van der Waals surface area contributed by atoms with Crippen LogP contribution in [-0.2, 0) is 13.0 Å². The van der Waals surface area contributed by atoms with Gasteiger partial charge in [-0.05, 0) is 30.9 Å². The van der Waals surface area contributed by atoms with Gasteiger partial charge in [-0.3, -0.25) is 0 Å². The van der Waals surface area contributed by atoms with Crippen LogP contribution in [0.3, 0.4) is 0 Å². The molecule has 0 saturated heterocycles. The molecule has 0 spiro atoms. The number of nitrogens with two attached hydrogens (primary N) is 1. The van der Waals surface area contributed by atoms with Gasteiger partial charge in [0.05, 0.1) is 11.0 Å². The Morgan fingerprint density at radius 3 is 3.14 bits per heavy atom. The minimum Gasteiger partial charge on any atom is -0.369 e. The standard InChI is InChI=1S/C11H13N3/c1-7-4-5-8-3-2-6-14-10(8)9(7)13-11(14)12/h4-5H,2-3,6H2,1H3,(H2,12,13). The molecule has 14 heavy (non-hydrogen) atoms. The molecule has 0 radical (unpaired) electrons. The van der Waals surface area contributed by atoms with Crippen LogP contribution in [0.5, 0.6) is 0 Å². The average molecular weight is 187 g/mol. The van der Waals surface area contributed by atoms with Gasteiger partial charge in [0.15, 0.2) is 0 Å². The second kappa shape index (κ2) is 2.50. The van der Waals surface area contributed by atoms with E-state index in [-0.39, 0.29) is 0 Å². The average Bonchev–Trinajstić information content (AvgIpc) is 2.53. The molecule has 72 valence electrons. The van der Waals surface area contributed by atoms with E-state index in [2.05, 4.69) is 28.6 Å². The van der Waals surface area contributed by atoms with Crippen molar-refractivity contribution in [3.05, 3.63) is 23.3 Å². The first kappa shape index (κ1) is 7.85. The van der Waals surface area contributed by atoms with Crippen LogP contribution >= 0.6 is 0 Å². The lowest BCUT2D eigenvalue weighted by molar-refractivity contribution is 0.639. The summed E-state index contributed by atoms with van der Waals surface area (Å²) < 4.78 is 2.14. The van der Waals surface area contributed by atoms with Gasteiger partial charge in [0.1, 0.15) is 0 Å². The molecule has 0 aliphatic carbocycles. The fraction of sp³-hybridized carbons (Fsp3) is 0.364. The molecular formula is C11H13N3. The van der Waals surface area contributed by atoms with Crippen molar-refractivity contribution < 1.29 is 0 Å². The Kier molecular flexibility index (Phi) is 1.40. The first-order chi connectivity index (χ1) is 6.77. The molecule has 0 unspecified atom stereocenters. The number of rotatable bonds is 0. The van der Waals surface area contributed by atoms with Crippen LogP contribution in [0.2, 0.25) is 0 Å². The van der Waals surface area contributed by atoms with Crippen LogP contribution in [0.15, 0.2) is 12.1 Å². The predicted molar refractivity (Wildman–Crippen MR) is 57.2 cm³/mol. The quantitative estimate of drug-likeness (QED) is 0.684. The Bertz CT molecular complexity index is 511. The van der Waals surface area contributed by atoms with Gasteiger partial charge < -0.3 is 10.3 Å². The second-order valence-electron chi connectivity index (χ2n) is 3.96. The molecule has 1 aliphatic heterocycles. The summed E-state index contributed by atoms with van der Waals surface area (Å²) in [5.74, 6) is 0.662. The summed E-state index contributed by atoms with van der Waals surface area (Å²) in [6.45, 7) is 3.10. The third kappa shape index (κ3) is 0.842. The zero-order valence-electron chi connectivity index (χ0n) is 8.25. The highest BCUT2D eigenvalue weighted by molar-refractivity contribution is 5.85. The normalized spacial score (nSPS) is 14.9. The molecule has 1 aromatic heterocycles. The minimum absolute atomic E-state index is 0.662. The van der Waals surface area contributed by atoms with Gasteiger partial charge in [0.25, 0.3) is 0 Å². The molecule has 0 fully saturated rings. The Balaban J connectivity index is 2.52. The molecule has 3 heteroatoms. The van der Waals surface area contributed by atoms with Gasteiger partial charge >= 0.3 is 0 Å². The summed E-state index contributed by atoms with van der Waals surface area (Å²) in [5.41, 5.74) is 10.8. The Morgan fingerprint density at radius 2 is 2.29 bits per heavy atom. The molecule has 0 bridgehead atoms. The predicted octanol–water partition coefficient (Wildman–Crippen LogP) is 1.87. The third-order valence-electron chi connectivity index (χ3n) is 3.04. The number of aromatic nitrogens is 2. The highest BCUT2D eigenvalue weighted by Crippen LogP contribution is 2.29. The van der Waals surface area contributed by atoms with Crippen molar-refractivity contribution in [2.75, 3.05) is 5.73 Å². The van der Waals surface area contributed by atoms with Crippen LogP contribution in [0.4, 0.5) is 5.95 Å². The van der Waals surface area contributed by atoms with Crippen molar-refractivity contribution in [3.63, 3.8) is 0 Å². The van der Waals surface area contributed by atoms with Crippen LogP contribution in [-0.4, -0.2) is 9.55 Å². The third-order valence-corrected chi connectivity index (χ3v) is 3.04. The molecular weight excluding hydrogens is 174 g/mol. The van der Waals surface area contributed by atoms with Crippen molar-refractivity contribution in [1.29, 1.82) is 0 Å². The van der Waals surface area contributed by atoms with E-state index in [4.69, 9.17) is 5.73 Å². The van der Waals surface area contributed by atoms with Crippen LogP contribution in [0, 0.1) is 6.92 Å². The highest BCUT2D eigenvalue weighted by Gasteiger charge is 2.17. The van der Waals surface area contributed by atoms with E-state index in [1.807, 2.05) is 0 Å². The number of imidazole rings is 1. The summed E-state index contributed by atoms with van der Waals surface area (Å²) in [6, 6.07) is 4.34. The maximum atomic E-state index is 5.89. The summed E-state index contributed by atoms with van der Waals surface area (Å²) in [5, 5.41) is 0. The molecule has 2 N–H and O–H groups in total. The number of aryl methyl sites for hydroxylation is 3. The largest absolute Gasteiger partial charge is 0.369 e. The molecule has 3 nitrogen and oxygen atoms in total. The molecule has 1 aliphatic rings. The van der Waals surface area contributed by atoms with E-state index in [1.54, 1.807) is 0 Å². The maximum Gasteiger partial charge on any atom is 0.201 e. The minimum atomic E-state index is 0.662. The van der Waals surface area contributed by atoms with E-state index in [1.165, 1.54) is 23.1 Å². The zero-order chi connectivity index (χ0) is 9.71. The molecule has 3 rings (SSSR count). The molecule has 0 atom stereocenters. The summed E-state index contributed by atoms with van der Waals surface area (Å²) in [7, 11) is 0. The SMILES string of the molecule is Cc1ccc2c3c1nc(N)n3CCC2. The fourth-order valence-corrected chi connectivity index (χ4v) is 2.31. The summed E-state index contributed by atoms with van der Waals surface area (Å²) >= 11 is 0. The molecule has 1 aromatic carbocycles. The first-order valence-corrected chi connectivity index (χ1v) is 5.01. The monoisotopic (exact) mass is 187 g/mol. The molecule has 0 amide bonds.